The van der Waals surface area contributed by atoms with Crippen molar-refractivity contribution in [2.24, 2.45) is 11.7 Å². The van der Waals surface area contributed by atoms with Crippen LogP contribution in [0.2, 0.25) is 0 Å². The van der Waals surface area contributed by atoms with E-state index in [2.05, 4.69) is 13.8 Å². The molecule has 1 heterocycles. The molecule has 0 spiro atoms. The van der Waals surface area contributed by atoms with Crippen molar-refractivity contribution in [3.63, 3.8) is 0 Å². The molecule has 1 aromatic rings. The highest BCUT2D eigenvalue weighted by molar-refractivity contribution is 5.94. The number of hydrogen-bond acceptors (Lipinski definition) is 2. The molecule has 0 bridgehead atoms. The van der Waals surface area contributed by atoms with E-state index in [9.17, 15) is 4.79 Å². The topological polar surface area (TPSA) is 46.3 Å². The second-order valence-electron chi connectivity index (χ2n) is 4.91. The summed E-state index contributed by atoms with van der Waals surface area (Å²) in [6.45, 7) is 5.73. The first kappa shape index (κ1) is 15.0. The number of halogens is 1. The van der Waals surface area contributed by atoms with E-state index in [1.54, 1.807) is 0 Å². The van der Waals surface area contributed by atoms with Crippen molar-refractivity contribution < 1.29 is 4.79 Å². The Bertz CT molecular complexity index is 405. The van der Waals surface area contributed by atoms with Crippen LogP contribution in [0.4, 0.5) is 0 Å². The quantitative estimate of drug-likeness (QED) is 0.896. The Hall–Kier alpha value is -1.06. The fourth-order valence-corrected chi connectivity index (χ4v) is 2.33. The molecule has 2 atom stereocenters. The van der Waals surface area contributed by atoms with Crippen LogP contribution in [0.25, 0.3) is 0 Å². The molecule has 1 aliphatic rings. The van der Waals surface area contributed by atoms with Gasteiger partial charge >= 0.3 is 0 Å². The molecule has 1 aliphatic heterocycles. The van der Waals surface area contributed by atoms with E-state index in [1.165, 1.54) is 0 Å². The summed E-state index contributed by atoms with van der Waals surface area (Å²) >= 11 is 0. The smallest absolute Gasteiger partial charge is 0.254 e. The fourth-order valence-electron chi connectivity index (χ4n) is 2.33. The largest absolute Gasteiger partial charge is 0.336 e. The van der Waals surface area contributed by atoms with E-state index in [-0.39, 0.29) is 18.3 Å². The Balaban J connectivity index is 0.00000162. The van der Waals surface area contributed by atoms with Crippen molar-refractivity contribution >= 4 is 18.3 Å². The lowest BCUT2D eigenvalue weighted by Gasteiger charge is -2.23. The average molecular weight is 269 g/mol. The van der Waals surface area contributed by atoms with Crippen LogP contribution in [0.15, 0.2) is 24.3 Å². The van der Waals surface area contributed by atoms with Gasteiger partial charge in [0.2, 0.25) is 0 Å². The number of likely N-dealkylation sites (tertiary alicyclic amines) is 1. The highest BCUT2D eigenvalue weighted by atomic mass is 35.5. The van der Waals surface area contributed by atoms with E-state index in [0.717, 1.165) is 24.1 Å². The summed E-state index contributed by atoms with van der Waals surface area (Å²) in [6, 6.07) is 7.95. The zero-order chi connectivity index (χ0) is 12.4. The molecule has 1 fully saturated rings. The first-order valence-electron chi connectivity index (χ1n) is 6.23. The van der Waals surface area contributed by atoms with E-state index < -0.39 is 0 Å². The van der Waals surface area contributed by atoms with Gasteiger partial charge in [-0.2, -0.15) is 0 Å². The molecule has 0 aromatic heterocycles. The number of rotatable bonds is 2. The van der Waals surface area contributed by atoms with Gasteiger partial charge in [-0.05, 0) is 37.0 Å². The van der Waals surface area contributed by atoms with Gasteiger partial charge in [0.05, 0.1) is 0 Å². The van der Waals surface area contributed by atoms with Crippen molar-refractivity contribution in [2.75, 3.05) is 6.54 Å². The molecule has 4 heteroatoms. The summed E-state index contributed by atoms with van der Waals surface area (Å²) in [5.74, 6) is 0.743. The van der Waals surface area contributed by atoms with Gasteiger partial charge in [-0.25, -0.2) is 0 Å². The Morgan fingerprint density at radius 1 is 1.33 bits per heavy atom. The van der Waals surface area contributed by atoms with Crippen LogP contribution in [-0.2, 0) is 6.54 Å². The number of carbonyl (C=O) groups excluding carboxylic acids is 1. The molecule has 2 rings (SSSR count). The van der Waals surface area contributed by atoms with E-state index >= 15 is 0 Å². The van der Waals surface area contributed by atoms with Crippen LogP contribution in [0.5, 0.6) is 0 Å². The molecule has 0 radical (unpaired) electrons. The molecule has 1 aromatic carbocycles. The monoisotopic (exact) mass is 268 g/mol. The van der Waals surface area contributed by atoms with Crippen LogP contribution < -0.4 is 5.73 Å². The molecular weight excluding hydrogens is 248 g/mol. The first-order valence-corrected chi connectivity index (χ1v) is 6.23. The minimum absolute atomic E-state index is 0. The van der Waals surface area contributed by atoms with Gasteiger partial charge in [0, 0.05) is 24.7 Å². The fraction of sp³-hybridized carbons (Fsp3) is 0.500. The van der Waals surface area contributed by atoms with Gasteiger partial charge in [0.15, 0.2) is 0 Å². The van der Waals surface area contributed by atoms with Crippen LogP contribution in [-0.4, -0.2) is 23.4 Å². The summed E-state index contributed by atoms with van der Waals surface area (Å²) < 4.78 is 0. The molecule has 0 saturated carbocycles. The zero-order valence-electron chi connectivity index (χ0n) is 10.9. The number of hydrogen-bond donors (Lipinski definition) is 1. The third-order valence-electron chi connectivity index (χ3n) is 3.84. The SMILES string of the molecule is CC1CCN(C(=O)c2ccc(CN)cc2)C1C.Cl. The minimum Gasteiger partial charge on any atom is -0.336 e. The number of carbonyl (C=O) groups is 1. The molecule has 18 heavy (non-hydrogen) atoms. The number of amides is 1. The molecule has 2 N–H and O–H groups in total. The maximum Gasteiger partial charge on any atom is 0.254 e. The Labute approximate surface area is 115 Å². The van der Waals surface area contributed by atoms with Gasteiger partial charge in [-0.3, -0.25) is 4.79 Å². The predicted molar refractivity (Wildman–Crippen MR) is 75.9 cm³/mol. The maximum absolute atomic E-state index is 12.3. The lowest BCUT2D eigenvalue weighted by molar-refractivity contribution is 0.0735. The minimum atomic E-state index is 0. The normalized spacial score (nSPS) is 22.7. The van der Waals surface area contributed by atoms with Gasteiger partial charge in [0.25, 0.3) is 5.91 Å². The van der Waals surface area contributed by atoms with E-state index in [0.29, 0.717) is 18.5 Å². The molecule has 3 nitrogen and oxygen atoms in total. The van der Waals surface area contributed by atoms with Crippen LogP contribution in [0.1, 0.15) is 36.2 Å². The van der Waals surface area contributed by atoms with Crippen molar-refractivity contribution in [3.05, 3.63) is 35.4 Å². The van der Waals surface area contributed by atoms with E-state index in [1.807, 2.05) is 29.2 Å². The number of benzene rings is 1. The zero-order valence-corrected chi connectivity index (χ0v) is 11.7. The maximum atomic E-state index is 12.3. The van der Waals surface area contributed by atoms with Crippen molar-refractivity contribution in [2.45, 2.75) is 32.9 Å². The predicted octanol–water partition coefficient (Wildman–Crippen LogP) is 2.44. The van der Waals surface area contributed by atoms with Crippen LogP contribution in [0.3, 0.4) is 0 Å². The number of nitrogens with two attached hydrogens (primary N) is 1. The number of nitrogens with zero attached hydrogens (tertiary/aromatic N) is 1. The third kappa shape index (κ3) is 2.85. The molecular formula is C14H21ClN2O. The van der Waals surface area contributed by atoms with Gasteiger partial charge in [-0.15, -0.1) is 12.4 Å². The van der Waals surface area contributed by atoms with Gasteiger partial charge in [-0.1, -0.05) is 19.1 Å². The van der Waals surface area contributed by atoms with Crippen molar-refractivity contribution in [1.29, 1.82) is 0 Å². The molecule has 0 aliphatic carbocycles. The Morgan fingerprint density at radius 3 is 2.39 bits per heavy atom. The summed E-state index contributed by atoms with van der Waals surface area (Å²) in [4.78, 5) is 14.3. The van der Waals surface area contributed by atoms with Crippen LogP contribution in [0, 0.1) is 5.92 Å². The molecule has 1 amide bonds. The highest BCUT2D eigenvalue weighted by Crippen LogP contribution is 2.25. The van der Waals surface area contributed by atoms with Gasteiger partial charge in [0.1, 0.15) is 0 Å². The standard InChI is InChI=1S/C14H20N2O.ClH/c1-10-7-8-16(11(10)2)14(17)13-5-3-12(9-15)4-6-13;/h3-6,10-11H,7-9,15H2,1-2H3;1H. The summed E-state index contributed by atoms with van der Waals surface area (Å²) in [6.07, 6.45) is 1.10. The van der Waals surface area contributed by atoms with Crippen LogP contribution >= 0.6 is 12.4 Å². The second-order valence-corrected chi connectivity index (χ2v) is 4.91. The third-order valence-corrected chi connectivity index (χ3v) is 3.84. The van der Waals surface area contributed by atoms with Crippen molar-refractivity contribution in [3.8, 4) is 0 Å². The van der Waals surface area contributed by atoms with E-state index in [4.69, 9.17) is 5.73 Å². The Kier molecular flexibility index (Phi) is 5.17. The van der Waals surface area contributed by atoms with Gasteiger partial charge < -0.3 is 10.6 Å². The highest BCUT2D eigenvalue weighted by Gasteiger charge is 2.31. The summed E-state index contributed by atoms with van der Waals surface area (Å²) in [7, 11) is 0. The second kappa shape index (κ2) is 6.21. The average Bonchev–Trinajstić information content (AvgIpc) is 2.69. The lowest BCUT2D eigenvalue weighted by Crippen LogP contribution is -2.35. The van der Waals surface area contributed by atoms with Crippen molar-refractivity contribution in [1.82, 2.24) is 4.90 Å². The molecule has 1 saturated heterocycles. The summed E-state index contributed by atoms with van der Waals surface area (Å²) in [5.41, 5.74) is 7.37. The first-order chi connectivity index (χ1) is 8.13. The molecule has 100 valence electrons. The summed E-state index contributed by atoms with van der Waals surface area (Å²) in [5, 5.41) is 0. The lowest BCUT2D eigenvalue weighted by atomic mass is 10.0. The molecule has 2 unspecified atom stereocenters. The Morgan fingerprint density at radius 2 is 1.94 bits per heavy atom.